The lowest BCUT2D eigenvalue weighted by atomic mass is 9.93. The summed E-state index contributed by atoms with van der Waals surface area (Å²) in [6, 6.07) is 17.1. The van der Waals surface area contributed by atoms with E-state index in [0.29, 0.717) is 36.2 Å². The molecule has 1 saturated carbocycles. The number of halogens is 1. The average molecular weight is 635 g/mol. The first-order chi connectivity index (χ1) is 21.6. The van der Waals surface area contributed by atoms with E-state index in [4.69, 9.17) is 14.0 Å². The Hall–Kier alpha value is -4.75. The van der Waals surface area contributed by atoms with E-state index in [0.717, 1.165) is 34.4 Å². The minimum Gasteiger partial charge on any atom is -0.490 e. The Morgan fingerprint density at radius 2 is 1.91 bits per heavy atom. The Morgan fingerprint density at radius 3 is 2.73 bits per heavy atom. The Morgan fingerprint density at radius 1 is 1.11 bits per heavy atom. The molecule has 45 heavy (non-hydrogen) atoms. The molecular formula is C32H31FN4O7S. The maximum Gasteiger partial charge on any atom is 0.414 e. The van der Waals surface area contributed by atoms with Crippen LogP contribution >= 0.6 is 0 Å². The standard InChI is InChI=1S/C32H31FN4O7S/c1-20-27(33)8-4-10-29(20)43-11-12-44-32(39)37-18-23-14-26(23)30-25(7-3-9-28(30)37)24-15-35-36(17-24)16-21-5-2-6-22(13-21)31(38)34-19-45(40,41)42/h2-10,13,15,17,23,26H,11-12,14,16,18-19H2,1H3,(H,34,38)(H,40,41,42). The van der Waals surface area contributed by atoms with Crippen LogP contribution in [-0.2, 0) is 21.4 Å². The van der Waals surface area contributed by atoms with Crippen LogP contribution in [0.15, 0.2) is 73.1 Å². The van der Waals surface area contributed by atoms with Gasteiger partial charge in [0, 0.05) is 29.4 Å². The van der Waals surface area contributed by atoms with Crippen molar-refractivity contribution >= 4 is 27.8 Å². The van der Waals surface area contributed by atoms with Crippen molar-refractivity contribution in [2.75, 3.05) is 30.5 Å². The van der Waals surface area contributed by atoms with Gasteiger partial charge in [-0.2, -0.15) is 13.5 Å². The van der Waals surface area contributed by atoms with Gasteiger partial charge in [-0.1, -0.05) is 30.3 Å². The van der Waals surface area contributed by atoms with Crippen LogP contribution in [-0.4, -0.2) is 60.4 Å². The first-order valence-corrected chi connectivity index (χ1v) is 16.0. The smallest absolute Gasteiger partial charge is 0.414 e. The van der Waals surface area contributed by atoms with Crippen molar-refractivity contribution in [3.8, 4) is 16.9 Å². The molecule has 13 heteroatoms. The molecule has 2 heterocycles. The molecule has 1 aliphatic heterocycles. The monoisotopic (exact) mass is 634 g/mol. The van der Waals surface area contributed by atoms with Crippen LogP contribution in [0.3, 0.4) is 0 Å². The molecule has 4 aromatic rings. The zero-order valence-corrected chi connectivity index (χ0v) is 25.2. The van der Waals surface area contributed by atoms with Crippen LogP contribution in [0.5, 0.6) is 5.75 Å². The van der Waals surface area contributed by atoms with Crippen molar-refractivity contribution in [2.45, 2.75) is 25.8 Å². The minimum absolute atomic E-state index is 0.0184. The van der Waals surface area contributed by atoms with E-state index in [-0.39, 0.29) is 24.6 Å². The third-order valence-corrected chi connectivity index (χ3v) is 8.49. The van der Waals surface area contributed by atoms with Gasteiger partial charge in [-0.25, -0.2) is 9.18 Å². The maximum atomic E-state index is 13.8. The van der Waals surface area contributed by atoms with Crippen molar-refractivity contribution < 1.29 is 36.4 Å². The summed E-state index contributed by atoms with van der Waals surface area (Å²) in [4.78, 5) is 27.2. The van der Waals surface area contributed by atoms with Crippen LogP contribution in [0.25, 0.3) is 11.1 Å². The molecule has 2 N–H and O–H groups in total. The molecule has 1 aromatic heterocycles. The topological polar surface area (TPSA) is 140 Å². The van der Waals surface area contributed by atoms with Gasteiger partial charge in [0.05, 0.1) is 18.4 Å². The molecule has 6 rings (SSSR count). The lowest BCUT2D eigenvalue weighted by Gasteiger charge is -2.29. The summed E-state index contributed by atoms with van der Waals surface area (Å²) in [5.41, 5.74) is 5.17. The zero-order valence-electron chi connectivity index (χ0n) is 24.4. The Kier molecular flexibility index (Phi) is 8.30. The lowest BCUT2D eigenvalue weighted by molar-refractivity contribution is 0.0958. The third kappa shape index (κ3) is 6.84. The normalized spacial score (nSPS) is 16.8. The minimum atomic E-state index is -4.33. The van der Waals surface area contributed by atoms with Gasteiger partial charge in [-0.15, -0.1) is 0 Å². The number of benzene rings is 3. The average Bonchev–Trinajstić information content (AvgIpc) is 3.67. The molecule has 2 amide bonds. The van der Waals surface area contributed by atoms with Gasteiger partial charge in [0.2, 0.25) is 0 Å². The van der Waals surface area contributed by atoms with Crippen molar-refractivity contribution in [2.24, 2.45) is 5.92 Å². The first-order valence-electron chi connectivity index (χ1n) is 14.4. The summed E-state index contributed by atoms with van der Waals surface area (Å²) in [5, 5.41) is 6.69. The number of rotatable bonds is 10. The first kappa shape index (κ1) is 30.3. The molecule has 0 radical (unpaired) electrons. The van der Waals surface area contributed by atoms with Crippen molar-refractivity contribution in [1.82, 2.24) is 15.1 Å². The third-order valence-electron chi connectivity index (χ3n) is 7.98. The van der Waals surface area contributed by atoms with Crippen LogP contribution < -0.4 is 15.0 Å². The summed E-state index contributed by atoms with van der Waals surface area (Å²) >= 11 is 0. The van der Waals surface area contributed by atoms with Crippen LogP contribution in [0.1, 0.15) is 39.4 Å². The number of nitrogens with one attached hydrogen (secondary N) is 1. The van der Waals surface area contributed by atoms with Crippen molar-refractivity contribution in [1.29, 1.82) is 0 Å². The van der Waals surface area contributed by atoms with Crippen LogP contribution in [0, 0.1) is 18.7 Å². The fourth-order valence-corrected chi connectivity index (χ4v) is 6.00. The largest absolute Gasteiger partial charge is 0.490 e. The Labute approximate surface area is 259 Å². The molecule has 1 fully saturated rings. The molecule has 0 bridgehead atoms. The summed E-state index contributed by atoms with van der Waals surface area (Å²) in [7, 11) is -4.33. The number of fused-ring (bicyclic) bond motifs is 3. The zero-order chi connectivity index (χ0) is 31.7. The van der Waals surface area contributed by atoms with E-state index in [1.165, 1.54) is 6.07 Å². The molecule has 2 atom stereocenters. The highest BCUT2D eigenvalue weighted by Crippen LogP contribution is 2.57. The summed E-state index contributed by atoms with van der Waals surface area (Å²) in [6.45, 7) is 2.67. The van der Waals surface area contributed by atoms with Gasteiger partial charge >= 0.3 is 6.09 Å². The van der Waals surface area contributed by atoms with Gasteiger partial charge in [0.1, 0.15) is 30.7 Å². The van der Waals surface area contributed by atoms with Gasteiger partial charge in [-0.3, -0.25) is 18.9 Å². The SMILES string of the molecule is Cc1c(F)cccc1OCCOC(=O)N1CC2CC2c2c(-c3cnn(Cc4cccc(C(=O)NCS(=O)(=O)O)c4)c3)cccc21. The van der Waals surface area contributed by atoms with Crippen LogP contribution in [0.4, 0.5) is 14.9 Å². The predicted octanol–water partition coefficient (Wildman–Crippen LogP) is 4.76. The highest BCUT2D eigenvalue weighted by Gasteiger charge is 2.48. The second-order valence-electron chi connectivity index (χ2n) is 11.1. The fourth-order valence-electron chi connectivity index (χ4n) is 5.69. The van der Waals surface area contributed by atoms with E-state index in [2.05, 4.69) is 10.4 Å². The Bertz CT molecular complexity index is 1880. The van der Waals surface area contributed by atoms with E-state index >= 15 is 0 Å². The van der Waals surface area contributed by atoms with Crippen molar-refractivity contribution in [3.05, 3.63) is 101 Å². The molecule has 3 aromatic carbocycles. The number of amides is 2. The number of nitrogens with zero attached hydrogens (tertiary/aromatic N) is 3. The molecule has 2 unspecified atom stereocenters. The number of anilines is 1. The number of aromatic nitrogens is 2. The Balaban J connectivity index is 1.13. The van der Waals surface area contributed by atoms with Gasteiger partial charge in [0.25, 0.3) is 16.0 Å². The van der Waals surface area contributed by atoms with Crippen LogP contribution in [0.2, 0.25) is 0 Å². The molecular weight excluding hydrogens is 603 g/mol. The number of carbonyl (C=O) groups excluding carboxylic acids is 2. The summed E-state index contributed by atoms with van der Waals surface area (Å²) < 4.78 is 57.5. The van der Waals surface area contributed by atoms with E-state index in [9.17, 15) is 22.4 Å². The quantitative estimate of drug-likeness (QED) is 0.188. The maximum absolute atomic E-state index is 13.8. The van der Waals surface area contributed by atoms with Crippen molar-refractivity contribution in [3.63, 3.8) is 0 Å². The molecule has 0 spiro atoms. The van der Waals surface area contributed by atoms with E-state index in [1.54, 1.807) is 53.0 Å². The second kappa shape index (κ2) is 12.3. The second-order valence-corrected chi connectivity index (χ2v) is 12.6. The molecule has 1 aliphatic carbocycles. The van der Waals surface area contributed by atoms with E-state index < -0.39 is 28.0 Å². The number of hydrogen-bond donors (Lipinski definition) is 2. The summed E-state index contributed by atoms with van der Waals surface area (Å²) in [5.74, 6) is -0.772. The van der Waals surface area contributed by atoms with E-state index in [1.807, 2.05) is 30.5 Å². The number of ether oxygens (including phenoxy) is 2. The molecule has 2 aliphatic rings. The van der Waals surface area contributed by atoms with Gasteiger partial charge in [0.15, 0.2) is 0 Å². The van der Waals surface area contributed by atoms with Gasteiger partial charge in [-0.05, 0) is 72.2 Å². The highest BCUT2D eigenvalue weighted by atomic mass is 32.2. The molecule has 11 nitrogen and oxygen atoms in total. The predicted molar refractivity (Wildman–Crippen MR) is 163 cm³/mol. The highest BCUT2D eigenvalue weighted by molar-refractivity contribution is 7.85. The van der Waals surface area contributed by atoms with Gasteiger partial charge < -0.3 is 14.8 Å². The lowest BCUT2D eigenvalue weighted by Crippen LogP contribution is -2.37. The molecule has 234 valence electrons. The fraction of sp³-hybridized carbons (Fsp3) is 0.281. The number of hydrogen-bond acceptors (Lipinski definition) is 7. The number of carbonyl (C=O) groups is 2. The summed E-state index contributed by atoms with van der Waals surface area (Å²) in [6.07, 6.45) is 4.17. The molecule has 0 saturated heterocycles.